The molecule has 8 heteroatoms. The van der Waals surface area contributed by atoms with Crippen molar-refractivity contribution in [2.24, 2.45) is 0 Å². The predicted octanol–water partition coefficient (Wildman–Crippen LogP) is -1.27. The Morgan fingerprint density at radius 1 is 1.63 bits per heavy atom. The number of nitrogens with zero attached hydrogens (tertiary/aromatic N) is 1. The lowest BCUT2D eigenvalue weighted by Crippen LogP contribution is -2.58. The molecule has 104 valence electrons. The molecule has 4 N–H and O–H groups in total. The van der Waals surface area contributed by atoms with E-state index in [1.807, 2.05) is 22.6 Å². The monoisotopic (exact) mass is 380 g/mol. The molecule has 1 unspecified atom stereocenters. The normalized spacial score (nSPS) is 42.1. The lowest BCUT2D eigenvalue weighted by molar-refractivity contribution is -0.0830. The molecule has 1 fully saturated rings. The van der Waals surface area contributed by atoms with Crippen molar-refractivity contribution >= 4 is 28.6 Å². The zero-order chi connectivity index (χ0) is 14.2. The summed E-state index contributed by atoms with van der Waals surface area (Å²) in [6.07, 6.45) is 3.54. The van der Waals surface area contributed by atoms with Crippen LogP contribution in [-0.4, -0.2) is 60.9 Å². The second-order valence-corrected chi connectivity index (χ2v) is 5.12. The van der Waals surface area contributed by atoms with Crippen LogP contribution in [0.25, 0.3) is 0 Å². The summed E-state index contributed by atoms with van der Waals surface area (Å²) >= 11 is 1.99. The number of amides is 2. The molecule has 2 amide bonds. The van der Waals surface area contributed by atoms with Gasteiger partial charge in [0, 0.05) is 10.6 Å². The highest BCUT2D eigenvalue weighted by molar-refractivity contribution is 14.1. The molecule has 0 aromatic rings. The van der Waals surface area contributed by atoms with E-state index in [0.717, 1.165) is 4.90 Å². The Labute approximate surface area is 123 Å². The van der Waals surface area contributed by atoms with Crippen LogP contribution in [0.4, 0.5) is 4.79 Å². The summed E-state index contributed by atoms with van der Waals surface area (Å²) in [4.78, 5) is 12.8. The van der Waals surface area contributed by atoms with Gasteiger partial charge in [0.2, 0.25) is 0 Å². The fourth-order valence-electron chi connectivity index (χ4n) is 2.00. The smallest absolute Gasteiger partial charge is 0.325 e. The van der Waals surface area contributed by atoms with Crippen molar-refractivity contribution in [1.29, 1.82) is 0 Å². The molecular weight excluding hydrogens is 367 g/mol. The standard InChI is InChI=1S/C11H13IN2O5/c1-2-11(18)8(16)6(5-12)19-9(11)14-4-3-7(15)13-10(14)17/h1,3-4,6-9,15-16,18H,5H2,(H,13,17)/t6-,7?,8-,9-,11-/m1/s1. The highest BCUT2D eigenvalue weighted by atomic mass is 127. The number of urea groups is 1. The number of aliphatic hydroxyl groups excluding tert-OH is 2. The Morgan fingerprint density at radius 3 is 2.84 bits per heavy atom. The molecule has 0 aromatic carbocycles. The van der Waals surface area contributed by atoms with E-state index in [-0.39, 0.29) is 0 Å². The minimum atomic E-state index is -2.00. The fourth-order valence-corrected chi connectivity index (χ4v) is 2.69. The van der Waals surface area contributed by atoms with Crippen molar-refractivity contribution in [3.05, 3.63) is 12.3 Å². The topological polar surface area (TPSA) is 102 Å². The van der Waals surface area contributed by atoms with Crippen molar-refractivity contribution in [1.82, 2.24) is 10.2 Å². The van der Waals surface area contributed by atoms with Gasteiger partial charge in [0.05, 0.1) is 6.10 Å². The number of terminal acetylenes is 1. The molecule has 2 aliphatic heterocycles. The third kappa shape index (κ3) is 2.32. The van der Waals surface area contributed by atoms with Crippen molar-refractivity contribution in [2.75, 3.05) is 4.43 Å². The molecule has 0 saturated carbocycles. The van der Waals surface area contributed by atoms with Crippen molar-refractivity contribution < 1.29 is 24.9 Å². The van der Waals surface area contributed by atoms with Crippen LogP contribution >= 0.6 is 22.6 Å². The first kappa shape index (κ1) is 14.5. The van der Waals surface area contributed by atoms with Crippen molar-refractivity contribution in [2.45, 2.75) is 30.3 Å². The predicted molar refractivity (Wildman–Crippen MR) is 72.9 cm³/mol. The highest BCUT2D eigenvalue weighted by Gasteiger charge is 2.57. The number of ether oxygens (including phenoxy) is 1. The first-order chi connectivity index (χ1) is 8.93. The Balaban J connectivity index is 2.31. The van der Waals surface area contributed by atoms with Crippen LogP contribution in [0.5, 0.6) is 0 Å². The van der Waals surface area contributed by atoms with Crippen molar-refractivity contribution in [3.63, 3.8) is 0 Å². The molecule has 2 aliphatic rings. The van der Waals surface area contributed by atoms with Gasteiger partial charge in [0.1, 0.15) is 12.3 Å². The average molecular weight is 380 g/mol. The maximum absolute atomic E-state index is 11.8. The summed E-state index contributed by atoms with van der Waals surface area (Å²) in [5.74, 6) is 2.09. The first-order valence-electron chi connectivity index (χ1n) is 5.49. The van der Waals surface area contributed by atoms with E-state index < -0.39 is 36.3 Å². The van der Waals surface area contributed by atoms with Gasteiger partial charge in [-0.1, -0.05) is 28.5 Å². The second kappa shape index (κ2) is 5.26. The minimum Gasteiger partial charge on any atom is -0.386 e. The number of rotatable bonds is 2. The highest BCUT2D eigenvalue weighted by Crippen LogP contribution is 2.34. The molecule has 0 bridgehead atoms. The Bertz CT molecular complexity index is 451. The summed E-state index contributed by atoms with van der Waals surface area (Å²) in [5, 5.41) is 31.8. The minimum absolute atomic E-state index is 0.404. The zero-order valence-corrected chi connectivity index (χ0v) is 11.9. The number of hydrogen-bond acceptors (Lipinski definition) is 5. The molecule has 19 heavy (non-hydrogen) atoms. The maximum Gasteiger partial charge on any atom is 0.325 e. The van der Waals surface area contributed by atoms with E-state index in [1.54, 1.807) is 0 Å². The Morgan fingerprint density at radius 2 is 2.32 bits per heavy atom. The van der Waals surface area contributed by atoms with Gasteiger partial charge >= 0.3 is 6.03 Å². The largest absolute Gasteiger partial charge is 0.386 e. The van der Waals surface area contributed by atoms with Crippen molar-refractivity contribution in [3.8, 4) is 12.3 Å². The number of carbonyl (C=O) groups is 1. The molecule has 5 atom stereocenters. The van der Waals surface area contributed by atoms with Crippen LogP contribution in [0.15, 0.2) is 12.3 Å². The van der Waals surface area contributed by atoms with Crippen LogP contribution in [0, 0.1) is 12.3 Å². The van der Waals surface area contributed by atoms with Crippen LogP contribution in [0.3, 0.4) is 0 Å². The van der Waals surface area contributed by atoms with Crippen LogP contribution < -0.4 is 5.32 Å². The van der Waals surface area contributed by atoms with E-state index in [1.165, 1.54) is 12.3 Å². The number of aliphatic hydroxyl groups is 3. The second-order valence-electron chi connectivity index (χ2n) is 4.24. The van der Waals surface area contributed by atoms with E-state index in [4.69, 9.17) is 11.2 Å². The van der Waals surface area contributed by atoms with Gasteiger partial charge in [-0.05, 0) is 6.08 Å². The molecule has 0 aliphatic carbocycles. The van der Waals surface area contributed by atoms with E-state index >= 15 is 0 Å². The third-order valence-electron chi connectivity index (χ3n) is 3.05. The zero-order valence-electron chi connectivity index (χ0n) is 9.73. The van der Waals surface area contributed by atoms with Gasteiger partial charge in [0.15, 0.2) is 11.8 Å². The summed E-state index contributed by atoms with van der Waals surface area (Å²) < 4.78 is 5.86. The SMILES string of the molecule is C#C[C@@]1(O)[C@H](O)[C@@H](CI)O[C@H]1N1C=CC(O)NC1=O. The third-order valence-corrected chi connectivity index (χ3v) is 3.92. The lowest BCUT2D eigenvalue weighted by atomic mass is 9.95. The van der Waals surface area contributed by atoms with Crippen LogP contribution in [0.1, 0.15) is 0 Å². The molecule has 2 heterocycles. The Hall–Kier alpha value is -0.860. The molecule has 0 radical (unpaired) electrons. The maximum atomic E-state index is 11.8. The van der Waals surface area contributed by atoms with Gasteiger partial charge < -0.3 is 25.4 Å². The molecule has 0 aromatic heterocycles. The summed E-state index contributed by atoms with van der Waals surface area (Å²) in [7, 11) is 0. The quantitative estimate of drug-likeness (QED) is 0.272. The van der Waals surface area contributed by atoms with Gasteiger partial charge in [-0.25, -0.2) is 4.79 Å². The number of nitrogens with one attached hydrogen (secondary N) is 1. The molecule has 0 spiro atoms. The number of halogens is 1. The van der Waals surface area contributed by atoms with Crippen LogP contribution in [-0.2, 0) is 4.74 Å². The molecular formula is C11H13IN2O5. The number of carbonyl (C=O) groups excluding carboxylic acids is 1. The number of alkyl halides is 1. The summed E-state index contributed by atoms with van der Waals surface area (Å²) in [6, 6.07) is -0.671. The Kier molecular flexibility index (Phi) is 4.03. The number of hydrogen-bond donors (Lipinski definition) is 4. The van der Waals surface area contributed by atoms with Gasteiger partial charge in [-0.2, -0.15) is 0 Å². The summed E-state index contributed by atoms with van der Waals surface area (Å²) in [5.41, 5.74) is -2.00. The first-order valence-corrected chi connectivity index (χ1v) is 7.01. The van der Waals surface area contributed by atoms with Gasteiger partial charge in [-0.3, -0.25) is 4.90 Å². The van der Waals surface area contributed by atoms with Gasteiger partial charge in [0.25, 0.3) is 0 Å². The van der Waals surface area contributed by atoms with E-state index in [9.17, 15) is 20.1 Å². The van der Waals surface area contributed by atoms with E-state index in [2.05, 4.69) is 11.2 Å². The summed E-state index contributed by atoms with van der Waals surface area (Å²) in [6.45, 7) is 0. The fraction of sp³-hybridized carbons (Fsp3) is 0.545. The average Bonchev–Trinajstić information content (AvgIpc) is 2.63. The molecule has 1 saturated heterocycles. The molecule has 2 rings (SSSR count). The van der Waals surface area contributed by atoms with E-state index in [0.29, 0.717) is 4.43 Å². The van der Waals surface area contributed by atoms with Crippen LogP contribution in [0.2, 0.25) is 0 Å². The van der Waals surface area contributed by atoms with Gasteiger partial charge in [-0.15, -0.1) is 6.42 Å². The lowest BCUT2D eigenvalue weighted by Gasteiger charge is -2.35. The molecule has 7 nitrogen and oxygen atoms in total.